The van der Waals surface area contributed by atoms with Gasteiger partial charge in [0.1, 0.15) is 11.5 Å². The van der Waals surface area contributed by atoms with Crippen molar-refractivity contribution in [2.75, 3.05) is 17.2 Å². The highest BCUT2D eigenvalue weighted by Gasteiger charge is 2.24. The van der Waals surface area contributed by atoms with Gasteiger partial charge >= 0.3 is 0 Å². The molecule has 0 spiro atoms. The van der Waals surface area contributed by atoms with Crippen LogP contribution in [0.5, 0.6) is 0 Å². The van der Waals surface area contributed by atoms with Crippen molar-refractivity contribution < 1.29 is 4.79 Å². The van der Waals surface area contributed by atoms with Crippen molar-refractivity contribution in [3.8, 4) is 0 Å². The fourth-order valence-electron chi connectivity index (χ4n) is 2.53. The van der Waals surface area contributed by atoms with E-state index in [1.807, 2.05) is 12.1 Å². The number of aromatic nitrogens is 2. The predicted molar refractivity (Wildman–Crippen MR) is 74.2 cm³/mol. The third kappa shape index (κ3) is 2.07. The van der Waals surface area contributed by atoms with E-state index in [2.05, 4.69) is 23.2 Å². The van der Waals surface area contributed by atoms with Gasteiger partial charge in [-0.1, -0.05) is 17.7 Å². The van der Waals surface area contributed by atoms with Crippen LogP contribution in [0.15, 0.2) is 24.3 Å². The van der Waals surface area contributed by atoms with Crippen LogP contribution in [-0.2, 0) is 6.42 Å². The molecular formula is C14H16N4O. The Morgan fingerprint density at radius 1 is 1.42 bits per heavy atom. The van der Waals surface area contributed by atoms with E-state index >= 15 is 0 Å². The van der Waals surface area contributed by atoms with Gasteiger partial charge in [-0.2, -0.15) is 5.10 Å². The number of aryl methyl sites for hydroxylation is 2. The molecule has 3 rings (SSSR count). The lowest BCUT2D eigenvalue weighted by Crippen LogP contribution is -2.35. The lowest BCUT2D eigenvalue weighted by atomic mass is 9.99. The third-order valence-electron chi connectivity index (χ3n) is 3.43. The van der Waals surface area contributed by atoms with E-state index in [-0.39, 0.29) is 5.91 Å². The highest BCUT2D eigenvalue weighted by Crippen LogP contribution is 2.29. The first-order valence-electron chi connectivity index (χ1n) is 6.37. The van der Waals surface area contributed by atoms with Crippen LogP contribution < -0.4 is 10.6 Å². The minimum absolute atomic E-state index is 0.0750. The number of aromatic amines is 1. The molecule has 1 aliphatic heterocycles. The summed E-state index contributed by atoms with van der Waals surface area (Å²) in [5.41, 5.74) is 9.43. The summed E-state index contributed by atoms with van der Waals surface area (Å²) >= 11 is 0. The number of nitrogen functional groups attached to an aromatic ring is 1. The minimum Gasteiger partial charge on any atom is -0.382 e. The fraction of sp³-hybridized carbons (Fsp3) is 0.286. The van der Waals surface area contributed by atoms with Gasteiger partial charge in [0.2, 0.25) is 0 Å². The molecule has 0 atom stereocenters. The number of carbonyl (C=O) groups is 1. The second-order valence-corrected chi connectivity index (χ2v) is 4.90. The van der Waals surface area contributed by atoms with Crippen molar-refractivity contribution in [2.24, 2.45) is 0 Å². The van der Waals surface area contributed by atoms with E-state index in [0.29, 0.717) is 11.5 Å². The quantitative estimate of drug-likeness (QED) is 0.818. The summed E-state index contributed by atoms with van der Waals surface area (Å²) in [6.07, 6.45) is 2.00. The summed E-state index contributed by atoms with van der Waals surface area (Å²) < 4.78 is 0. The number of nitrogens with one attached hydrogen (secondary N) is 1. The number of hydrogen-bond donors (Lipinski definition) is 2. The summed E-state index contributed by atoms with van der Waals surface area (Å²) in [4.78, 5) is 14.3. The molecule has 0 unspecified atom stereocenters. The predicted octanol–water partition coefficient (Wildman–Crippen LogP) is 1.89. The van der Waals surface area contributed by atoms with E-state index < -0.39 is 0 Å². The molecule has 0 aliphatic carbocycles. The molecule has 19 heavy (non-hydrogen) atoms. The Labute approximate surface area is 111 Å². The number of fused-ring (bicyclic) bond motifs is 1. The Morgan fingerprint density at radius 3 is 3.00 bits per heavy atom. The Hall–Kier alpha value is -2.30. The number of hydrogen-bond acceptors (Lipinski definition) is 3. The number of nitrogens with zero attached hydrogens (tertiary/aromatic N) is 2. The number of carbonyl (C=O) groups excluding carboxylic acids is 1. The molecule has 0 radical (unpaired) electrons. The van der Waals surface area contributed by atoms with Crippen molar-refractivity contribution in [1.29, 1.82) is 0 Å². The number of H-pyrrole nitrogens is 1. The lowest BCUT2D eigenvalue weighted by molar-refractivity contribution is 0.0980. The first-order chi connectivity index (χ1) is 9.15. The molecule has 0 saturated carbocycles. The van der Waals surface area contributed by atoms with Crippen LogP contribution in [0.4, 0.5) is 11.5 Å². The number of rotatable bonds is 1. The van der Waals surface area contributed by atoms with Gasteiger partial charge in [0.15, 0.2) is 0 Å². The average Bonchev–Trinajstić information content (AvgIpc) is 2.83. The summed E-state index contributed by atoms with van der Waals surface area (Å²) in [5, 5.41) is 6.49. The first kappa shape index (κ1) is 11.8. The van der Waals surface area contributed by atoms with Gasteiger partial charge in [0, 0.05) is 18.3 Å². The molecule has 0 saturated heterocycles. The fourth-order valence-corrected chi connectivity index (χ4v) is 2.53. The molecule has 5 heteroatoms. The molecule has 5 nitrogen and oxygen atoms in total. The normalized spacial score (nSPS) is 14.3. The lowest BCUT2D eigenvalue weighted by Gasteiger charge is -2.29. The SMILES string of the molecule is Cc1ccc2c(c1)CCCN2C(=O)c1cc(N)n[nH]1. The van der Waals surface area contributed by atoms with Gasteiger partial charge in [-0.05, 0) is 31.4 Å². The van der Waals surface area contributed by atoms with E-state index in [0.717, 1.165) is 25.1 Å². The maximum Gasteiger partial charge on any atom is 0.276 e. The van der Waals surface area contributed by atoms with Gasteiger partial charge < -0.3 is 10.6 Å². The summed E-state index contributed by atoms with van der Waals surface area (Å²) in [6.45, 7) is 2.80. The van der Waals surface area contributed by atoms with Gasteiger partial charge in [0.05, 0.1) is 0 Å². The molecule has 1 aromatic carbocycles. The molecule has 1 aliphatic rings. The van der Waals surface area contributed by atoms with E-state index in [1.54, 1.807) is 11.0 Å². The molecule has 1 amide bonds. The van der Waals surface area contributed by atoms with Crippen LogP contribution in [0.2, 0.25) is 0 Å². The third-order valence-corrected chi connectivity index (χ3v) is 3.43. The average molecular weight is 256 g/mol. The topological polar surface area (TPSA) is 75.0 Å². The Morgan fingerprint density at radius 2 is 2.26 bits per heavy atom. The highest BCUT2D eigenvalue weighted by molar-refractivity contribution is 6.05. The molecule has 0 fully saturated rings. The second kappa shape index (κ2) is 4.42. The highest BCUT2D eigenvalue weighted by atomic mass is 16.2. The van der Waals surface area contributed by atoms with Crippen molar-refractivity contribution in [3.05, 3.63) is 41.1 Å². The van der Waals surface area contributed by atoms with Crippen LogP contribution in [0.1, 0.15) is 28.0 Å². The van der Waals surface area contributed by atoms with Gasteiger partial charge in [-0.3, -0.25) is 9.89 Å². The summed E-state index contributed by atoms with van der Waals surface area (Å²) in [6, 6.07) is 7.77. The smallest absolute Gasteiger partial charge is 0.276 e. The molecule has 0 bridgehead atoms. The molecule has 1 aromatic heterocycles. The van der Waals surface area contributed by atoms with Crippen LogP contribution in [-0.4, -0.2) is 22.6 Å². The van der Waals surface area contributed by atoms with Crippen molar-refractivity contribution in [2.45, 2.75) is 19.8 Å². The Balaban J connectivity index is 1.97. The zero-order valence-electron chi connectivity index (χ0n) is 10.8. The van der Waals surface area contributed by atoms with Gasteiger partial charge in [-0.15, -0.1) is 0 Å². The summed E-state index contributed by atoms with van der Waals surface area (Å²) in [5.74, 6) is 0.262. The molecular weight excluding hydrogens is 240 g/mol. The van der Waals surface area contributed by atoms with Crippen LogP contribution in [0, 0.1) is 6.92 Å². The minimum atomic E-state index is -0.0750. The van der Waals surface area contributed by atoms with E-state index in [1.165, 1.54) is 11.1 Å². The number of amides is 1. The largest absolute Gasteiger partial charge is 0.382 e. The van der Waals surface area contributed by atoms with Gasteiger partial charge in [0.25, 0.3) is 5.91 Å². The number of benzene rings is 1. The maximum absolute atomic E-state index is 12.5. The van der Waals surface area contributed by atoms with Crippen molar-refractivity contribution in [3.63, 3.8) is 0 Å². The Bertz CT molecular complexity index is 632. The first-order valence-corrected chi connectivity index (χ1v) is 6.37. The molecule has 2 aromatic rings. The molecule has 3 N–H and O–H groups in total. The van der Waals surface area contributed by atoms with Gasteiger partial charge in [-0.25, -0.2) is 0 Å². The zero-order chi connectivity index (χ0) is 13.4. The van der Waals surface area contributed by atoms with E-state index in [9.17, 15) is 4.79 Å². The monoisotopic (exact) mass is 256 g/mol. The number of nitrogens with two attached hydrogens (primary N) is 1. The number of anilines is 2. The summed E-state index contributed by atoms with van der Waals surface area (Å²) in [7, 11) is 0. The Kier molecular flexibility index (Phi) is 2.74. The second-order valence-electron chi connectivity index (χ2n) is 4.90. The van der Waals surface area contributed by atoms with Crippen LogP contribution in [0.25, 0.3) is 0 Å². The van der Waals surface area contributed by atoms with Crippen LogP contribution >= 0.6 is 0 Å². The zero-order valence-corrected chi connectivity index (χ0v) is 10.8. The van der Waals surface area contributed by atoms with E-state index in [4.69, 9.17) is 5.73 Å². The van der Waals surface area contributed by atoms with Crippen molar-refractivity contribution in [1.82, 2.24) is 10.2 Å². The van der Waals surface area contributed by atoms with Crippen molar-refractivity contribution >= 4 is 17.4 Å². The van der Waals surface area contributed by atoms with Crippen LogP contribution in [0.3, 0.4) is 0 Å². The maximum atomic E-state index is 12.5. The standard InChI is InChI=1S/C14H16N4O/c1-9-4-5-12-10(7-9)3-2-6-18(12)14(19)11-8-13(15)17-16-11/h4-5,7-8H,2-3,6H2,1H3,(H3,15,16,17). The molecule has 2 heterocycles. The molecule has 98 valence electrons.